The van der Waals surface area contributed by atoms with Crippen LogP contribution in [-0.4, -0.2) is 60.7 Å². The van der Waals surface area contributed by atoms with Gasteiger partial charge < -0.3 is 4.90 Å². The second-order valence-electron chi connectivity index (χ2n) is 8.58. The van der Waals surface area contributed by atoms with Gasteiger partial charge in [0.25, 0.3) is 10.2 Å². The summed E-state index contributed by atoms with van der Waals surface area (Å²) in [4.78, 5) is 12.1. The first kappa shape index (κ1) is 22.1. The number of rotatable bonds is 5. The van der Waals surface area contributed by atoms with E-state index in [1.807, 2.05) is 19.1 Å². The molecule has 1 saturated heterocycles. The molecule has 0 atom stereocenters. The van der Waals surface area contributed by atoms with E-state index in [9.17, 15) is 12.8 Å². The fourth-order valence-corrected chi connectivity index (χ4v) is 5.57. The van der Waals surface area contributed by atoms with Crippen molar-refractivity contribution in [1.82, 2.24) is 18.6 Å². The van der Waals surface area contributed by atoms with Crippen molar-refractivity contribution in [2.24, 2.45) is 0 Å². The maximum atomic E-state index is 13.3. The van der Waals surface area contributed by atoms with Crippen LogP contribution in [-0.2, 0) is 23.2 Å². The standard InChI is InChI=1S/C22H30FN5O2S/c1-16-20-5-4-12-27(15-17-6-8-19(23)9-7-17)22(20)25-21(24-16)18-10-13-28(14-11-18)31(29,30)26(2)3/h6-9,18H,4-5,10-15H2,1-3H3. The summed E-state index contributed by atoms with van der Waals surface area (Å²) < 4.78 is 40.9. The number of anilines is 1. The van der Waals surface area contributed by atoms with Crippen molar-refractivity contribution in [3.63, 3.8) is 0 Å². The first-order valence-electron chi connectivity index (χ1n) is 10.8. The van der Waals surface area contributed by atoms with Crippen molar-refractivity contribution < 1.29 is 12.8 Å². The van der Waals surface area contributed by atoms with Crippen molar-refractivity contribution in [2.75, 3.05) is 38.6 Å². The minimum Gasteiger partial charge on any atom is -0.352 e. The van der Waals surface area contributed by atoms with E-state index in [2.05, 4.69) is 4.90 Å². The first-order chi connectivity index (χ1) is 14.8. The van der Waals surface area contributed by atoms with E-state index in [1.54, 1.807) is 14.1 Å². The molecule has 1 aromatic heterocycles. The van der Waals surface area contributed by atoms with Gasteiger partial charge in [-0.15, -0.1) is 0 Å². The summed E-state index contributed by atoms with van der Waals surface area (Å²) >= 11 is 0. The molecule has 0 bridgehead atoms. The highest BCUT2D eigenvalue weighted by atomic mass is 32.2. The number of fused-ring (bicyclic) bond motifs is 1. The van der Waals surface area contributed by atoms with E-state index in [1.165, 1.54) is 26.3 Å². The summed E-state index contributed by atoms with van der Waals surface area (Å²) in [6.45, 7) is 4.58. The minimum absolute atomic E-state index is 0.146. The fourth-order valence-electron chi connectivity index (χ4n) is 4.43. The lowest BCUT2D eigenvalue weighted by Gasteiger charge is -2.34. The van der Waals surface area contributed by atoms with E-state index in [-0.39, 0.29) is 11.7 Å². The Morgan fingerprint density at radius 1 is 1.10 bits per heavy atom. The Labute approximate surface area is 184 Å². The molecule has 2 aliphatic rings. The van der Waals surface area contributed by atoms with Crippen molar-refractivity contribution in [3.8, 4) is 0 Å². The summed E-state index contributed by atoms with van der Waals surface area (Å²) in [5.41, 5.74) is 3.24. The highest BCUT2D eigenvalue weighted by Gasteiger charge is 2.32. The molecule has 0 unspecified atom stereocenters. The Morgan fingerprint density at radius 3 is 2.42 bits per heavy atom. The van der Waals surface area contributed by atoms with Gasteiger partial charge in [-0.2, -0.15) is 17.0 Å². The summed E-state index contributed by atoms with van der Waals surface area (Å²) in [5, 5.41) is 0. The van der Waals surface area contributed by atoms with Crippen molar-refractivity contribution >= 4 is 16.0 Å². The molecule has 2 aromatic rings. The fraction of sp³-hybridized carbons (Fsp3) is 0.545. The quantitative estimate of drug-likeness (QED) is 0.705. The number of aromatic nitrogens is 2. The first-order valence-corrected chi connectivity index (χ1v) is 12.2. The predicted octanol–water partition coefficient (Wildman–Crippen LogP) is 2.86. The maximum Gasteiger partial charge on any atom is 0.281 e. The van der Waals surface area contributed by atoms with E-state index >= 15 is 0 Å². The van der Waals surface area contributed by atoms with Crippen LogP contribution in [0.5, 0.6) is 0 Å². The lowest BCUT2D eigenvalue weighted by molar-refractivity contribution is 0.297. The molecule has 0 saturated carbocycles. The molecule has 0 spiro atoms. The van der Waals surface area contributed by atoms with Gasteiger partial charge >= 0.3 is 0 Å². The van der Waals surface area contributed by atoms with Crippen molar-refractivity contribution in [2.45, 2.75) is 45.1 Å². The lowest BCUT2D eigenvalue weighted by atomic mass is 9.96. The van der Waals surface area contributed by atoms with Crippen LogP contribution in [0.1, 0.15) is 47.8 Å². The van der Waals surface area contributed by atoms with Crippen molar-refractivity contribution in [3.05, 3.63) is 52.7 Å². The molecule has 1 fully saturated rings. The number of halogens is 1. The van der Waals surface area contributed by atoms with Crippen LogP contribution in [0.25, 0.3) is 0 Å². The Balaban J connectivity index is 1.55. The van der Waals surface area contributed by atoms with Gasteiger partial charge in [0, 0.05) is 57.4 Å². The molecule has 168 valence electrons. The van der Waals surface area contributed by atoms with Crippen molar-refractivity contribution in [1.29, 1.82) is 0 Å². The number of aryl methyl sites for hydroxylation is 1. The molecule has 1 aromatic carbocycles. The number of nitrogens with zero attached hydrogens (tertiary/aromatic N) is 5. The molecular weight excluding hydrogens is 417 g/mol. The van der Waals surface area contributed by atoms with Crippen LogP contribution in [0.3, 0.4) is 0 Å². The smallest absolute Gasteiger partial charge is 0.281 e. The van der Waals surface area contributed by atoms with Crippen LogP contribution in [0.15, 0.2) is 24.3 Å². The Morgan fingerprint density at radius 2 is 1.77 bits per heavy atom. The monoisotopic (exact) mass is 447 g/mol. The van der Waals surface area contributed by atoms with Gasteiger partial charge in [-0.3, -0.25) is 0 Å². The molecule has 9 heteroatoms. The van der Waals surface area contributed by atoms with Gasteiger partial charge in [0.15, 0.2) is 0 Å². The summed E-state index contributed by atoms with van der Waals surface area (Å²) in [6, 6.07) is 6.62. The van der Waals surface area contributed by atoms with E-state index in [0.717, 1.165) is 42.3 Å². The number of hydrogen-bond donors (Lipinski definition) is 0. The third-order valence-electron chi connectivity index (χ3n) is 6.26. The van der Waals surface area contributed by atoms with E-state index < -0.39 is 10.2 Å². The number of piperidine rings is 1. The molecule has 31 heavy (non-hydrogen) atoms. The number of benzene rings is 1. The van der Waals surface area contributed by atoms with Gasteiger partial charge in [0.05, 0.1) is 0 Å². The van der Waals surface area contributed by atoms with Gasteiger partial charge in [-0.1, -0.05) is 12.1 Å². The Kier molecular flexibility index (Phi) is 6.27. The predicted molar refractivity (Wildman–Crippen MR) is 119 cm³/mol. The maximum absolute atomic E-state index is 13.3. The summed E-state index contributed by atoms with van der Waals surface area (Å²) in [5.74, 6) is 1.70. The zero-order valence-corrected chi connectivity index (χ0v) is 19.2. The molecular formula is C22H30FN5O2S. The average molecular weight is 448 g/mol. The molecule has 3 heterocycles. The lowest BCUT2D eigenvalue weighted by Crippen LogP contribution is -2.44. The van der Waals surface area contributed by atoms with Crippen LogP contribution in [0.4, 0.5) is 10.2 Å². The minimum atomic E-state index is -3.38. The molecule has 2 aliphatic heterocycles. The normalized spacial score (nSPS) is 18.4. The molecule has 0 amide bonds. The molecule has 4 rings (SSSR count). The third-order valence-corrected chi connectivity index (χ3v) is 8.20. The highest BCUT2D eigenvalue weighted by Crippen LogP contribution is 2.33. The molecule has 0 N–H and O–H groups in total. The van der Waals surface area contributed by atoms with Gasteiger partial charge in [0.1, 0.15) is 17.5 Å². The number of hydrogen-bond acceptors (Lipinski definition) is 5. The summed E-state index contributed by atoms with van der Waals surface area (Å²) in [6.07, 6.45) is 3.42. The van der Waals surface area contributed by atoms with Gasteiger partial charge in [0.2, 0.25) is 0 Å². The Bertz CT molecular complexity index is 1030. The summed E-state index contributed by atoms with van der Waals surface area (Å²) in [7, 11) is -0.258. The van der Waals surface area contributed by atoms with E-state index in [4.69, 9.17) is 9.97 Å². The van der Waals surface area contributed by atoms with Crippen LogP contribution < -0.4 is 4.90 Å². The van der Waals surface area contributed by atoms with Gasteiger partial charge in [-0.25, -0.2) is 14.4 Å². The second kappa shape index (κ2) is 8.80. The zero-order valence-electron chi connectivity index (χ0n) is 18.4. The largest absolute Gasteiger partial charge is 0.352 e. The third kappa shape index (κ3) is 4.58. The molecule has 0 aliphatic carbocycles. The van der Waals surface area contributed by atoms with Crippen LogP contribution in [0, 0.1) is 12.7 Å². The van der Waals surface area contributed by atoms with Crippen LogP contribution in [0.2, 0.25) is 0 Å². The zero-order chi connectivity index (χ0) is 22.2. The topological polar surface area (TPSA) is 69.6 Å². The SMILES string of the molecule is Cc1nc(C2CCN(S(=O)(=O)N(C)C)CC2)nc2c1CCCN2Cc1ccc(F)cc1. The Hall–Kier alpha value is -2.10. The second-order valence-corrected chi connectivity index (χ2v) is 10.7. The average Bonchev–Trinajstić information content (AvgIpc) is 2.76. The van der Waals surface area contributed by atoms with Gasteiger partial charge in [-0.05, 0) is 50.3 Å². The van der Waals surface area contributed by atoms with Crippen LogP contribution >= 0.6 is 0 Å². The highest BCUT2D eigenvalue weighted by molar-refractivity contribution is 7.86. The molecule has 0 radical (unpaired) electrons. The van der Waals surface area contributed by atoms with E-state index in [0.29, 0.717) is 32.5 Å². The molecule has 7 nitrogen and oxygen atoms in total.